The Morgan fingerprint density at radius 3 is 2.40 bits per heavy atom. The highest BCUT2D eigenvalue weighted by Crippen LogP contribution is 2.37. The number of alkyl halides is 1. The average Bonchev–Trinajstić information content (AvgIpc) is 2.13. The molecule has 0 amide bonds. The minimum Gasteiger partial charge on any atom is -0.131 e. The third kappa shape index (κ3) is 1.97. The van der Waals surface area contributed by atoms with Crippen LogP contribution in [0, 0.1) is 0 Å². The molecular formula is C6H5Br2ClS. The van der Waals surface area contributed by atoms with Crippen LogP contribution in [0.1, 0.15) is 17.2 Å². The van der Waals surface area contributed by atoms with E-state index in [9.17, 15) is 0 Å². The van der Waals surface area contributed by atoms with E-state index in [0.29, 0.717) is 0 Å². The van der Waals surface area contributed by atoms with E-state index in [1.807, 2.05) is 13.0 Å². The highest BCUT2D eigenvalue weighted by atomic mass is 79.9. The standard InChI is InChI=1S/C6H5Br2ClS/c1-3(9)5-2-4(7)6(8)10-5/h2-3H,1H3. The van der Waals surface area contributed by atoms with Crippen LogP contribution < -0.4 is 0 Å². The zero-order valence-electron chi connectivity index (χ0n) is 5.20. The molecular weight excluding hydrogens is 299 g/mol. The Hall–Kier alpha value is 0.950. The summed E-state index contributed by atoms with van der Waals surface area (Å²) in [7, 11) is 0. The first kappa shape index (κ1) is 9.04. The van der Waals surface area contributed by atoms with Gasteiger partial charge in [-0.2, -0.15) is 0 Å². The highest BCUT2D eigenvalue weighted by molar-refractivity contribution is 9.13. The Morgan fingerprint density at radius 2 is 2.20 bits per heavy atom. The molecule has 1 unspecified atom stereocenters. The molecule has 10 heavy (non-hydrogen) atoms. The maximum atomic E-state index is 5.86. The molecule has 0 fully saturated rings. The first-order chi connectivity index (χ1) is 4.61. The lowest BCUT2D eigenvalue weighted by Crippen LogP contribution is -1.72. The Bertz CT molecular complexity index is 212. The number of thiophene rings is 1. The summed E-state index contributed by atoms with van der Waals surface area (Å²) in [6, 6.07) is 2.03. The molecule has 0 aromatic carbocycles. The molecule has 56 valence electrons. The molecule has 1 heterocycles. The van der Waals surface area contributed by atoms with Crippen LogP contribution in [0.4, 0.5) is 0 Å². The van der Waals surface area contributed by atoms with Crippen molar-refractivity contribution in [3.05, 3.63) is 19.2 Å². The number of hydrogen-bond donors (Lipinski definition) is 0. The van der Waals surface area contributed by atoms with Crippen LogP contribution in [0.15, 0.2) is 14.3 Å². The molecule has 0 aliphatic carbocycles. The first-order valence-corrected chi connectivity index (χ1v) is 5.54. The van der Waals surface area contributed by atoms with Gasteiger partial charge in [-0.05, 0) is 44.8 Å². The molecule has 0 aliphatic heterocycles. The lowest BCUT2D eigenvalue weighted by atomic mass is 10.4. The smallest absolute Gasteiger partial charge is 0.0843 e. The van der Waals surface area contributed by atoms with Gasteiger partial charge in [0.1, 0.15) is 0 Å². The Kier molecular flexibility index (Phi) is 3.22. The molecule has 0 aliphatic rings. The van der Waals surface area contributed by atoms with Gasteiger partial charge in [-0.1, -0.05) is 0 Å². The van der Waals surface area contributed by atoms with Crippen LogP contribution in [-0.2, 0) is 0 Å². The quantitative estimate of drug-likeness (QED) is 0.667. The summed E-state index contributed by atoms with van der Waals surface area (Å²) in [5, 5.41) is 0.104. The van der Waals surface area contributed by atoms with Crippen molar-refractivity contribution in [2.45, 2.75) is 12.3 Å². The van der Waals surface area contributed by atoms with E-state index in [2.05, 4.69) is 31.9 Å². The predicted molar refractivity (Wildman–Crippen MR) is 54.0 cm³/mol. The third-order valence-corrected chi connectivity index (χ3v) is 4.86. The minimum atomic E-state index is 0.104. The van der Waals surface area contributed by atoms with Gasteiger partial charge in [0.15, 0.2) is 0 Å². The molecule has 0 spiro atoms. The number of halogens is 3. The fourth-order valence-corrected chi connectivity index (χ4v) is 2.77. The van der Waals surface area contributed by atoms with Crippen molar-refractivity contribution >= 4 is 54.8 Å². The molecule has 0 nitrogen and oxygen atoms in total. The summed E-state index contributed by atoms with van der Waals surface area (Å²) in [4.78, 5) is 1.18. The average molecular weight is 304 g/mol. The van der Waals surface area contributed by atoms with Crippen LogP contribution in [0.25, 0.3) is 0 Å². The van der Waals surface area contributed by atoms with E-state index in [0.717, 1.165) is 8.26 Å². The molecule has 0 saturated carbocycles. The summed E-state index contributed by atoms with van der Waals surface area (Å²) >= 11 is 14.3. The topological polar surface area (TPSA) is 0 Å². The van der Waals surface area contributed by atoms with Gasteiger partial charge in [0.05, 0.1) is 9.16 Å². The van der Waals surface area contributed by atoms with Gasteiger partial charge >= 0.3 is 0 Å². The van der Waals surface area contributed by atoms with Crippen molar-refractivity contribution in [1.29, 1.82) is 0 Å². The van der Waals surface area contributed by atoms with Crippen LogP contribution in [-0.4, -0.2) is 0 Å². The van der Waals surface area contributed by atoms with Gasteiger partial charge in [0.25, 0.3) is 0 Å². The van der Waals surface area contributed by atoms with E-state index >= 15 is 0 Å². The molecule has 0 radical (unpaired) electrons. The minimum absolute atomic E-state index is 0.104. The molecule has 1 aromatic heterocycles. The SMILES string of the molecule is CC(Cl)c1cc(Br)c(Br)s1. The lowest BCUT2D eigenvalue weighted by molar-refractivity contribution is 1.12. The lowest BCUT2D eigenvalue weighted by Gasteiger charge is -1.93. The fourth-order valence-electron chi connectivity index (χ4n) is 0.559. The second kappa shape index (κ2) is 3.57. The second-order valence-corrected chi connectivity index (χ2v) is 5.80. The van der Waals surface area contributed by atoms with Crippen LogP contribution in [0.2, 0.25) is 0 Å². The number of rotatable bonds is 1. The van der Waals surface area contributed by atoms with Crippen molar-refractivity contribution < 1.29 is 0 Å². The van der Waals surface area contributed by atoms with Crippen molar-refractivity contribution in [3.8, 4) is 0 Å². The van der Waals surface area contributed by atoms with Crippen LogP contribution in [0.3, 0.4) is 0 Å². The van der Waals surface area contributed by atoms with Gasteiger partial charge in [-0.25, -0.2) is 0 Å². The van der Waals surface area contributed by atoms with E-state index in [4.69, 9.17) is 11.6 Å². The molecule has 1 aromatic rings. The first-order valence-electron chi connectivity index (χ1n) is 2.70. The zero-order valence-corrected chi connectivity index (χ0v) is 9.94. The fraction of sp³-hybridized carbons (Fsp3) is 0.333. The largest absolute Gasteiger partial charge is 0.131 e. The molecule has 0 bridgehead atoms. The van der Waals surface area contributed by atoms with Gasteiger partial charge in [0.2, 0.25) is 0 Å². The van der Waals surface area contributed by atoms with Crippen molar-refractivity contribution in [2.75, 3.05) is 0 Å². The molecule has 0 saturated heterocycles. The number of hydrogen-bond acceptors (Lipinski definition) is 1. The summed E-state index contributed by atoms with van der Waals surface area (Å²) in [5.74, 6) is 0. The van der Waals surface area contributed by atoms with Crippen molar-refractivity contribution in [1.82, 2.24) is 0 Å². The van der Waals surface area contributed by atoms with E-state index in [1.165, 1.54) is 4.88 Å². The van der Waals surface area contributed by atoms with Crippen molar-refractivity contribution in [3.63, 3.8) is 0 Å². The van der Waals surface area contributed by atoms with Gasteiger partial charge < -0.3 is 0 Å². The summed E-state index contributed by atoms with van der Waals surface area (Å²) in [6.07, 6.45) is 0. The van der Waals surface area contributed by atoms with E-state index in [1.54, 1.807) is 11.3 Å². The molecule has 4 heteroatoms. The normalized spacial score (nSPS) is 13.6. The van der Waals surface area contributed by atoms with Crippen LogP contribution in [0.5, 0.6) is 0 Å². The molecule has 1 rings (SSSR count). The second-order valence-electron chi connectivity index (χ2n) is 1.89. The molecule has 0 N–H and O–H groups in total. The van der Waals surface area contributed by atoms with E-state index in [-0.39, 0.29) is 5.38 Å². The summed E-state index contributed by atoms with van der Waals surface area (Å²) < 4.78 is 2.19. The van der Waals surface area contributed by atoms with Crippen molar-refractivity contribution in [2.24, 2.45) is 0 Å². The van der Waals surface area contributed by atoms with Gasteiger partial charge in [-0.15, -0.1) is 22.9 Å². The monoisotopic (exact) mass is 302 g/mol. The Morgan fingerprint density at radius 1 is 1.60 bits per heavy atom. The van der Waals surface area contributed by atoms with Gasteiger partial charge in [-0.3, -0.25) is 0 Å². The maximum Gasteiger partial charge on any atom is 0.0843 e. The molecule has 1 atom stereocenters. The zero-order chi connectivity index (χ0) is 7.72. The van der Waals surface area contributed by atoms with E-state index < -0.39 is 0 Å². The maximum absolute atomic E-state index is 5.86. The highest BCUT2D eigenvalue weighted by Gasteiger charge is 2.07. The third-order valence-electron chi connectivity index (χ3n) is 1.06. The Balaban J connectivity index is 2.98. The Labute approximate surface area is 85.8 Å². The van der Waals surface area contributed by atoms with Gasteiger partial charge in [0, 0.05) is 9.35 Å². The van der Waals surface area contributed by atoms with Crippen LogP contribution >= 0.6 is 54.8 Å². The summed E-state index contributed by atoms with van der Waals surface area (Å²) in [6.45, 7) is 1.96. The summed E-state index contributed by atoms with van der Waals surface area (Å²) in [5.41, 5.74) is 0. The predicted octanol–water partition coefficient (Wildman–Crippen LogP) is 4.57.